The highest BCUT2D eigenvalue weighted by Crippen LogP contribution is 2.26. The van der Waals surface area contributed by atoms with Crippen molar-refractivity contribution in [1.82, 2.24) is 0 Å². The van der Waals surface area contributed by atoms with Crippen LogP contribution in [-0.4, -0.2) is 17.8 Å². The minimum atomic E-state index is -0.467. The van der Waals surface area contributed by atoms with Crippen molar-refractivity contribution in [2.75, 3.05) is 6.61 Å². The third-order valence-electron chi connectivity index (χ3n) is 2.54. The summed E-state index contributed by atoms with van der Waals surface area (Å²) in [6, 6.07) is 6.74. The summed E-state index contributed by atoms with van der Waals surface area (Å²) in [5.74, 6) is 0. The maximum absolute atomic E-state index is 8.94. The van der Waals surface area contributed by atoms with Crippen molar-refractivity contribution in [1.29, 1.82) is 0 Å². The van der Waals surface area contributed by atoms with Crippen LogP contribution in [0.3, 0.4) is 0 Å². The molecule has 0 fully saturated rings. The highest BCUT2D eigenvalue weighted by molar-refractivity contribution is 5.81. The van der Waals surface area contributed by atoms with Gasteiger partial charge in [0.15, 0.2) is 0 Å². The first kappa shape index (κ1) is 10.2. The summed E-state index contributed by atoms with van der Waals surface area (Å²) in [6.45, 7) is -0.138. The SMILES string of the molecule is NC(CO)C(N)c1coc2ccccc12. The molecule has 2 aromatic rings. The van der Waals surface area contributed by atoms with Crippen molar-refractivity contribution in [3.8, 4) is 0 Å². The molecule has 0 saturated heterocycles. The van der Waals surface area contributed by atoms with E-state index in [4.69, 9.17) is 21.0 Å². The maximum atomic E-state index is 8.94. The molecular formula is C11H14N2O2. The van der Waals surface area contributed by atoms with Gasteiger partial charge in [0.05, 0.1) is 18.9 Å². The molecule has 0 amide bonds. The Kier molecular flexibility index (Phi) is 2.73. The van der Waals surface area contributed by atoms with Crippen molar-refractivity contribution >= 4 is 11.0 Å². The van der Waals surface area contributed by atoms with Gasteiger partial charge in [-0.3, -0.25) is 0 Å². The normalized spacial score (nSPS) is 15.4. The number of nitrogens with two attached hydrogens (primary N) is 2. The van der Waals surface area contributed by atoms with E-state index in [1.54, 1.807) is 6.26 Å². The first-order valence-corrected chi connectivity index (χ1v) is 4.82. The van der Waals surface area contributed by atoms with Gasteiger partial charge in [-0.1, -0.05) is 18.2 Å². The van der Waals surface area contributed by atoms with E-state index in [0.717, 1.165) is 16.5 Å². The Morgan fingerprint density at radius 2 is 2.00 bits per heavy atom. The van der Waals surface area contributed by atoms with Gasteiger partial charge in [0.25, 0.3) is 0 Å². The second-order valence-electron chi connectivity index (χ2n) is 3.56. The van der Waals surface area contributed by atoms with Gasteiger partial charge in [0.1, 0.15) is 5.58 Å². The quantitative estimate of drug-likeness (QED) is 0.691. The van der Waals surface area contributed by atoms with Crippen LogP contribution in [0.15, 0.2) is 34.9 Å². The first-order chi connectivity index (χ1) is 7.24. The van der Waals surface area contributed by atoms with Gasteiger partial charge in [0.2, 0.25) is 0 Å². The number of para-hydroxylation sites is 1. The van der Waals surface area contributed by atoms with E-state index in [0.29, 0.717) is 0 Å². The molecule has 80 valence electrons. The van der Waals surface area contributed by atoms with Crippen LogP contribution in [0.25, 0.3) is 11.0 Å². The lowest BCUT2D eigenvalue weighted by molar-refractivity contribution is 0.250. The predicted molar refractivity (Wildman–Crippen MR) is 58.2 cm³/mol. The molecule has 5 N–H and O–H groups in total. The number of aliphatic hydroxyl groups is 1. The van der Waals surface area contributed by atoms with Crippen LogP contribution in [0.4, 0.5) is 0 Å². The number of hydrogen-bond donors (Lipinski definition) is 3. The monoisotopic (exact) mass is 206 g/mol. The maximum Gasteiger partial charge on any atom is 0.134 e. The third kappa shape index (κ3) is 1.74. The Labute approximate surface area is 87.5 Å². The third-order valence-corrected chi connectivity index (χ3v) is 2.54. The molecule has 15 heavy (non-hydrogen) atoms. The van der Waals surface area contributed by atoms with Crippen LogP contribution < -0.4 is 11.5 Å². The van der Waals surface area contributed by atoms with Crippen LogP contribution in [0.5, 0.6) is 0 Å². The van der Waals surface area contributed by atoms with Crippen molar-refractivity contribution in [2.45, 2.75) is 12.1 Å². The van der Waals surface area contributed by atoms with E-state index in [1.807, 2.05) is 24.3 Å². The Balaban J connectivity index is 2.43. The zero-order valence-electron chi connectivity index (χ0n) is 8.26. The van der Waals surface area contributed by atoms with Gasteiger partial charge in [-0.15, -0.1) is 0 Å². The summed E-state index contributed by atoms with van der Waals surface area (Å²) in [5.41, 5.74) is 13.2. The lowest BCUT2D eigenvalue weighted by atomic mass is 10.0. The van der Waals surface area contributed by atoms with Gasteiger partial charge < -0.3 is 21.0 Å². The van der Waals surface area contributed by atoms with Gasteiger partial charge in [-0.2, -0.15) is 0 Å². The molecule has 0 bridgehead atoms. The number of hydrogen-bond acceptors (Lipinski definition) is 4. The Morgan fingerprint density at radius 3 is 2.73 bits per heavy atom. The van der Waals surface area contributed by atoms with Gasteiger partial charge in [0, 0.05) is 17.0 Å². The summed E-state index contributed by atoms with van der Waals surface area (Å²) >= 11 is 0. The van der Waals surface area contributed by atoms with Gasteiger partial charge in [-0.25, -0.2) is 0 Å². The average Bonchev–Trinajstić information content (AvgIpc) is 2.70. The second kappa shape index (κ2) is 4.02. The van der Waals surface area contributed by atoms with Crippen LogP contribution in [0, 0.1) is 0 Å². The molecule has 2 rings (SSSR count). The highest BCUT2D eigenvalue weighted by Gasteiger charge is 2.18. The lowest BCUT2D eigenvalue weighted by Crippen LogP contribution is -2.36. The zero-order chi connectivity index (χ0) is 10.8. The molecule has 0 aliphatic heterocycles. The topological polar surface area (TPSA) is 85.4 Å². The van der Waals surface area contributed by atoms with E-state index >= 15 is 0 Å². The van der Waals surface area contributed by atoms with E-state index in [1.165, 1.54) is 0 Å². The predicted octanol–water partition coefficient (Wildman–Crippen LogP) is 0.752. The largest absolute Gasteiger partial charge is 0.464 e. The zero-order valence-corrected chi connectivity index (χ0v) is 8.26. The molecule has 1 heterocycles. The summed E-state index contributed by atoms with van der Waals surface area (Å²) in [4.78, 5) is 0. The molecule has 1 aromatic heterocycles. The fourth-order valence-electron chi connectivity index (χ4n) is 1.60. The van der Waals surface area contributed by atoms with Crippen molar-refractivity contribution in [2.24, 2.45) is 11.5 Å². The van der Waals surface area contributed by atoms with Crippen molar-refractivity contribution in [3.63, 3.8) is 0 Å². The summed E-state index contributed by atoms with van der Waals surface area (Å²) in [5, 5.41) is 9.89. The minimum Gasteiger partial charge on any atom is -0.464 e. The molecule has 2 unspecified atom stereocenters. The van der Waals surface area contributed by atoms with E-state index < -0.39 is 12.1 Å². The van der Waals surface area contributed by atoms with E-state index in [9.17, 15) is 0 Å². The van der Waals surface area contributed by atoms with E-state index in [2.05, 4.69) is 0 Å². The molecule has 0 aliphatic carbocycles. The molecule has 2 atom stereocenters. The summed E-state index contributed by atoms with van der Waals surface area (Å²) < 4.78 is 5.35. The van der Waals surface area contributed by atoms with Gasteiger partial charge in [-0.05, 0) is 6.07 Å². The lowest BCUT2D eigenvalue weighted by Gasteiger charge is -2.16. The fourth-order valence-corrected chi connectivity index (χ4v) is 1.60. The molecule has 0 saturated carbocycles. The number of aliphatic hydroxyl groups excluding tert-OH is 1. The molecule has 0 radical (unpaired) electrons. The Morgan fingerprint density at radius 1 is 1.27 bits per heavy atom. The highest BCUT2D eigenvalue weighted by atomic mass is 16.3. The van der Waals surface area contributed by atoms with Crippen molar-refractivity contribution in [3.05, 3.63) is 36.1 Å². The number of benzene rings is 1. The Hall–Kier alpha value is -1.36. The molecular weight excluding hydrogens is 192 g/mol. The number of furan rings is 1. The van der Waals surface area contributed by atoms with Gasteiger partial charge >= 0.3 is 0 Å². The number of fused-ring (bicyclic) bond motifs is 1. The molecule has 1 aromatic carbocycles. The summed E-state index contributed by atoms with van der Waals surface area (Å²) in [6.07, 6.45) is 1.60. The standard InChI is InChI=1S/C11H14N2O2/c12-9(5-14)11(13)8-6-15-10-4-2-1-3-7(8)10/h1-4,6,9,11,14H,5,12-13H2. The first-order valence-electron chi connectivity index (χ1n) is 4.82. The molecule has 4 heteroatoms. The van der Waals surface area contributed by atoms with Crippen LogP contribution in [-0.2, 0) is 0 Å². The molecule has 0 spiro atoms. The number of rotatable bonds is 3. The summed E-state index contributed by atoms with van der Waals surface area (Å²) in [7, 11) is 0. The second-order valence-corrected chi connectivity index (χ2v) is 3.56. The van der Waals surface area contributed by atoms with Crippen LogP contribution in [0.2, 0.25) is 0 Å². The average molecular weight is 206 g/mol. The minimum absolute atomic E-state index is 0.138. The Bertz CT molecular complexity index is 453. The molecule has 0 aliphatic rings. The molecule has 4 nitrogen and oxygen atoms in total. The van der Waals surface area contributed by atoms with Crippen LogP contribution in [0.1, 0.15) is 11.6 Å². The van der Waals surface area contributed by atoms with Crippen molar-refractivity contribution < 1.29 is 9.52 Å². The van der Waals surface area contributed by atoms with E-state index in [-0.39, 0.29) is 6.61 Å². The smallest absolute Gasteiger partial charge is 0.134 e. The van der Waals surface area contributed by atoms with Crippen LogP contribution >= 0.6 is 0 Å². The fraction of sp³-hybridized carbons (Fsp3) is 0.273.